The highest BCUT2D eigenvalue weighted by atomic mass is 79.9. The van der Waals surface area contributed by atoms with E-state index < -0.39 is 0 Å². The van der Waals surface area contributed by atoms with Gasteiger partial charge in [-0.1, -0.05) is 18.5 Å². The first-order valence-corrected chi connectivity index (χ1v) is 5.34. The fourth-order valence-electron chi connectivity index (χ4n) is 1.13. The van der Waals surface area contributed by atoms with Gasteiger partial charge in [0.25, 0.3) is 0 Å². The molecule has 0 saturated carbocycles. The van der Waals surface area contributed by atoms with Crippen molar-refractivity contribution in [3.8, 4) is 0 Å². The summed E-state index contributed by atoms with van der Waals surface area (Å²) in [5.74, 6) is 0.936. The first-order valence-electron chi connectivity index (χ1n) is 4.17. The van der Waals surface area contributed by atoms with Gasteiger partial charge in [-0.2, -0.15) is 0 Å². The van der Waals surface area contributed by atoms with Crippen LogP contribution in [0.5, 0.6) is 0 Å². The summed E-state index contributed by atoms with van der Waals surface area (Å²) in [4.78, 5) is 6.34. The lowest BCUT2D eigenvalue weighted by Gasteiger charge is -2.18. The number of aromatic nitrogens is 1. The molecule has 0 radical (unpaired) electrons. The molecule has 1 heterocycles. The van der Waals surface area contributed by atoms with Gasteiger partial charge in [0.2, 0.25) is 0 Å². The Hall–Kier alpha value is -0.280. The van der Waals surface area contributed by atoms with Gasteiger partial charge in [0.15, 0.2) is 0 Å². The maximum atomic E-state index is 5.79. The van der Waals surface area contributed by atoms with Gasteiger partial charge in [0.1, 0.15) is 5.82 Å². The van der Waals surface area contributed by atoms with Crippen molar-refractivity contribution in [3.63, 3.8) is 0 Å². The molecular weight excluding hydrogens is 251 g/mol. The van der Waals surface area contributed by atoms with Crippen molar-refractivity contribution in [2.24, 2.45) is 0 Å². The summed E-state index contributed by atoms with van der Waals surface area (Å²) >= 11 is 9.22. The lowest BCUT2D eigenvalue weighted by molar-refractivity contribution is 0.835. The van der Waals surface area contributed by atoms with E-state index in [9.17, 15) is 0 Å². The minimum atomic E-state index is 0.653. The molecule has 0 atom stereocenters. The van der Waals surface area contributed by atoms with Crippen LogP contribution >= 0.6 is 27.5 Å². The van der Waals surface area contributed by atoms with E-state index in [0.29, 0.717) is 5.02 Å². The highest BCUT2D eigenvalue weighted by Gasteiger charge is 2.06. The minimum Gasteiger partial charge on any atom is -0.359 e. The Bertz CT molecular complexity index is 291. The maximum absolute atomic E-state index is 5.79. The summed E-state index contributed by atoms with van der Waals surface area (Å²) in [7, 11) is 2.02. The fraction of sp³-hybridized carbons (Fsp3) is 0.444. The largest absolute Gasteiger partial charge is 0.359 e. The van der Waals surface area contributed by atoms with Crippen LogP contribution in [0.1, 0.15) is 13.3 Å². The topological polar surface area (TPSA) is 16.1 Å². The fourth-order valence-corrected chi connectivity index (χ4v) is 2.07. The Balaban J connectivity index is 2.88. The van der Waals surface area contributed by atoms with Crippen molar-refractivity contribution in [1.29, 1.82) is 0 Å². The molecule has 4 heteroatoms. The van der Waals surface area contributed by atoms with Crippen LogP contribution in [-0.2, 0) is 0 Å². The molecule has 2 nitrogen and oxygen atoms in total. The second-order valence-corrected chi connectivity index (χ2v) is 4.17. The highest BCUT2D eigenvalue weighted by Crippen LogP contribution is 2.25. The second kappa shape index (κ2) is 4.82. The van der Waals surface area contributed by atoms with Gasteiger partial charge >= 0.3 is 0 Å². The van der Waals surface area contributed by atoms with E-state index in [4.69, 9.17) is 11.6 Å². The molecule has 1 aromatic rings. The van der Waals surface area contributed by atoms with E-state index in [1.165, 1.54) is 0 Å². The monoisotopic (exact) mass is 262 g/mol. The van der Waals surface area contributed by atoms with E-state index in [1.807, 2.05) is 13.1 Å². The third-order valence-corrected chi connectivity index (χ3v) is 2.50. The number of halogens is 2. The van der Waals surface area contributed by atoms with Gasteiger partial charge in [-0.3, -0.25) is 0 Å². The molecule has 1 aromatic heterocycles. The van der Waals surface area contributed by atoms with Crippen LogP contribution in [0.3, 0.4) is 0 Å². The molecule has 0 amide bonds. The average molecular weight is 264 g/mol. The van der Waals surface area contributed by atoms with Crippen LogP contribution in [0, 0.1) is 0 Å². The van der Waals surface area contributed by atoms with E-state index in [-0.39, 0.29) is 0 Å². The zero-order valence-electron chi connectivity index (χ0n) is 7.72. The molecule has 72 valence electrons. The summed E-state index contributed by atoms with van der Waals surface area (Å²) in [5.41, 5.74) is 0. The smallest absolute Gasteiger partial charge is 0.142 e. The van der Waals surface area contributed by atoms with Gasteiger partial charge in [-0.15, -0.1) is 0 Å². The van der Waals surface area contributed by atoms with Gasteiger partial charge in [-0.25, -0.2) is 4.98 Å². The summed E-state index contributed by atoms with van der Waals surface area (Å²) in [6, 6.07) is 1.86. The number of rotatable bonds is 3. The molecule has 0 aliphatic rings. The molecule has 0 aromatic carbocycles. The van der Waals surface area contributed by atoms with Gasteiger partial charge in [0.05, 0.1) is 9.50 Å². The Kier molecular flexibility index (Phi) is 4.00. The molecule has 0 aliphatic carbocycles. The molecule has 0 aliphatic heterocycles. The average Bonchev–Trinajstić information content (AvgIpc) is 2.04. The van der Waals surface area contributed by atoms with E-state index in [1.54, 1.807) is 6.20 Å². The van der Waals surface area contributed by atoms with Crippen LogP contribution in [0.15, 0.2) is 16.7 Å². The summed E-state index contributed by atoms with van der Waals surface area (Å²) in [5, 5.41) is 0.653. The summed E-state index contributed by atoms with van der Waals surface area (Å²) in [6.07, 6.45) is 2.76. The van der Waals surface area contributed by atoms with Gasteiger partial charge in [-0.05, 0) is 28.4 Å². The predicted octanol–water partition coefficient (Wildman–Crippen LogP) is 3.34. The highest BCUT2D eigenvalue weighted by molar-refractivity contribution is 9.10. The molecular formula is C9H12BrClN2. The Labute approximate surface area is 92.0 Å². The quantitative estimate of drug-likeness (QED) is 0.831. The molecule has 0 bridgehead atoms. The maximum Gasteiger partial charge on any atom is 0.142 e. The van der Waals surface area contributed by atoms with Crippen LogP contribution < -0.4 is 4.90 Å². The molecule has 1 rings (SSSR count). The Morgan fingerprint density at radius 1 is 1.62 bits per heavy atom. The number of pyridine rings is 1. The predicted molar refractivity (Wildman–Crippen MR) is 60.5 cm³/mol. The van der Waals surface area contributed by atoms with Crippen LogP contribution in [0.25, 0.3) is 0 Å². The SMILES string of the molecule is CCCN(C)c1ncc(Cl)cc1Br. The minimum absolute atomic E-state index is 0.653. The summed E-state index contributed by atoms with van der Waals surface area (Å²) in [6.45, 7) is 3.13. The van der Waals surface area contributed by atoms with Crippen molar-refractivity contribution < 1.29 is 0 Å². The van der Waals surface area contributed by atoms with Crippen LogP contribution in [-0.4, -0.2) is 18.6 Å². The molecule has 0 fully saturated rings. The Morgan fingerprint density at radius 2 is 2.31 bits per heavy atom. The Morgan fingerprint density at radius 3 is 2.85 bits per heavy atom. The standard InChI is InChI=1S/C9H12BrClN2/c1-3-4-13(2)9-8(10)5-7(11)6-12-9/h5-6H,3-4H2,1-2H3. The third-order valence-electron chi connectivity index (χ3n) is 1.71. The molecule has 0 saturated heterocycles. The lowest BCUT2D eigenvalue weighted by atomic mass is 10.4. The first-order chi connectivity index (χ1) is 6.15. The van der Waals surface area contributed by atoms with E-state index >= 15 is 0 Å². The number of hydrogen-bond donors (Lipinski definition) is 0. The molecule has 13 heavy (non-hydrogen) atoms. The lowest BCUT2D eigenvalue weighted by Crippen LogP contribution is -2.19. The van der Waals surface area contributed by atoms with Gasteiger partial charge in [0, 0.05) is 19.8 Å². The van der Waals surface area contributed by atoms with Crippen molar-refractivity contribution in [2.75, 3.05) is 18.5 Å². The number of nitrogens with zero attached hydrogens (tertiary/aromatic N) is 2. The van der Waals surface area contributed by atoms with Crippen molar-refractivity contribution in [1.82, 2.24) is 4.98 Å². The number of hydrogen-bond acceptors (Lipinski definition) is 2. The van der Waals surface area contributed by atoms with Crippen LogP contribution in [0.2, 0.25) is 5.02 Å². The molecule has 0 N–H and O–H groups in total. The summed E-state index contributed by atoms with van der Waals surface area (Å²) < 4.78 is 0.941. The normalized spacial score (nSPS) is 10.2. The zero-order valence-corrected chi connectivity index (χ0v) is 10.1. The van der Waals surface area contributed by atoms with E-state index in [0.717, 1.165) is 23.3 Å². The number of anilines is 1. The van der Waals surface area contributed by atoms with Crippen molar-refractivity contribution in [2.45, 2.75) is 13.3 Å². The first kappa shape index (κ1) is 10.8. The van der Waals surface area contributed by atoms with E-state index in [2.05, 4.69) is 32.7 Å². The second-order valence-electron chi connectivity index (χ2n) is 2.88. The molecule has 0 spiro atoms. The molecule has 0 unspecified atom stereocenters. The van der Waals surface area contributed by atoms with Gasteiger partial charge < -0.3 is 4.90 Å². The third kappa shape index (κ3) is 2.85. The van der Waals surface area contributed by atoms with Crippen molar-refractivity contribution >= 4 is 33.3 Å². The van der Waals surface area contributed by atoms with Crippen molar-refractivity contribution in [3.05, 3.63) is 21.8 Å². The van der Waals surface area contributed by atoms with Crippen LogP contribution in [0.4, 0.5) is 5.82 Å². The zero-order chi connectivity index (χ0) is 9.84.